The molecule has 1 aromatic heterocycles. The summed E-state index contributed by atoms with van der Waals surface area (Å²) in [5, 5.41) is 7.82. The molecular weight excluding hydrogens is 286 g/mol. The highest BCUT2D eigenvalue weighted by atomic mass is 19.1. The Morgan fingerprint density at radius 3 is 2.59 bits per heavy atom. The molecule has 0 spiro atoms. The van der Waals surface area contributed by atoms with Gasteiger partial charge in [0.05, 0.1) is 5.69 Å². The van der Waals surface area contributed by atoms with Gasteiger partial charge in [0.2, 0.25) is 0 Å². The molecule has 1 fully saturated rings. The first kappa shape index (κ1) is 15.1. The van der Waals surface area contributed by atoms with Crippen LogP contribution in [0.1, 0.15) is 19.5 Å². The number of halogens is 2. The molecule has 2 atom stereocenters. The number of nitrogens with one attached hydrogen (secondary N) is 1. The first-order valence-electron chi connectivity index (χ1n) is 7.51. The fourth-order valence-electron chi connectivity index (χ4n) is 2.92. The number of nitrogens with zero attached hydrogens (tertiary/aromatic N) is 3. The van der Waals surface area contributed by atoms with Crippen LogP contribution in [0.15, 0.2) is 30.5 Å². The van der Waals surface area contributed by atoms with Crippen LogP contribution in [0.5, 0.6) is 0 Å². The van der Waals surface area contributed by atoms with Crippen molar-refractivity contribution in [2.75, 3.05) is 13.1 Å². The van der Waals surface area contributed by atoms with Gasteiger partial charge in [-0.15, -0.1) is 0 Å². The van der Waals surface area contributed by atoms with E-state index in [0.29, 0.717) is 12.1 Å². The summed E-state index contributed by atoms with van der Waals surface area (Å²) in [6.45, 7) is 6.99. The Kier molecular flexibility index (Phi) is 4.22. The van der Waals surface area contributed by atoms with Gasteiger partial charge in [0.25, 0.3) is 0 Å². The molecule has 22 heavy (non-hydrogen) atoms. The third kappa shape index (κ3) is 3.03. The van der Waals surface area contributed by atoms with Gasteiger partial charge < -0.3 is 5.32 Å². The average Bonchev–Trinajstić information content (AvgIpc) is 2.91. The van der Waals surface area contributed by atoms with Crippen LogP contribution >= 0.6 is 0 Å². The molecule has 2 aromatic rings. The molecule has 1 aromatic carbocycles. The van der Waals surface area contributed by atoms with E-state index in [1.165, 1.54) is 16.8 Å². The molecule has 4 nitrogen and oxygen atoms in total. The molecule has 1 saturated heterocycles. The van der Waals surface area contributed by atoms with Crippen LogP contribution in [0.3, 0.4) is 0 Å². The van der Waals surface area contributed by atoms with Gasteiger partial charge in [-0.2, -0.15) is 5.10 Å². The van der Waals surface area contributed by atoms with Crippen LogP contribution in [0.2, 0.25) is 0 Å². The van der Waals surface area contributed by atoms with E-state index < -0.39 is 11.6 Å². The number of aromatic nitrogens is 2. The van der Waals surface area contributed by atoms with Crippen molar-refractivity contribution < 1.29 is 8.78 Å². The summed E-state index contributed by atoms with van der Waals surface area (Å²) in [5.41, 5.74) is 1.14. The summed E-state index contributed by atoms with van der Waals surface area (Å²) >= 11 is 0. The van der Waals surface area contributed by atoms with Crippen LogP contribution in [-0.4, -0.2) is 39.9 Å². The Labute approximate surface area is 128 Å². The highest BCUT2D eigenvalue weighted by Crippen LogP contribution is 2.17. The molecule has 118 valence electrons. The molecular formula is C16H20F2N4. The second-order valence-electron chi connectivity index (χ2n) is 5.88. The van der Waals surface area contributed by atoms with E-state index in [2.05, 4.69) is 29.2 Å². The van der Waals surface area contributed by atoms with Gasteiger partial charge in [0, 0.05) is 44.0 Å². The van der Waals surface area contributed by atoms with Crippen LogP contribution in [-0.2, 0) is 6.54 Å². The van der Waals surface area contributed by atoms with Crippen molar-refractivity contribution in [3.63, 3.8) is 0 Å². The normalized spacial score (nSPS) is 22.9. The predicted molar refractivity (Wildman–Crippen MR) is 80.8 cm³/mol. The van der Waals surface area contributed by atoms with Gasteiger partial charge in [0.1, 0.15) is 11.5 Å². The molecule has 1 aliphatic rings. The minimum Gasteiger partial charge on any atom is -0.314 e. The summed E-state index contributed by atoms with van der Waals surface area (Å²) in [6.07, 6.45) is 1.71. The number of hydrogen-bond donors (Lipinski definition) is 1. The molecule has 0 bridgehead atoms. The van der Waals surface area contributed by atoms with E-state index in [-0.39, 0.29) is 5.69 Å². The van der Waals surface area contributed by atoms with Crippen molar-refractivity contribution in [1.29, 1.82) is 0 Å². The first-order chi connectivity index (χ1) is 10.5. The molecule has 6 heteroatoms. The molecule has 0 amide bonds. The van der Waals surface area contributed by atoms with Gasteiger partial charge in [-0.05, 0) is 32.0 Å². The third-order valence-corrected chi connectivity index (χ3v) is 4.16. The fourth-order valence-corrected chi connectivity index (χ4v) is 2.92. The van der Waals surface area contributed by atoms with Crippen LogP contribution in [0, 0.1) is 11.6 Å². The number of piperazine rings is 1. The average molecular weight is 306 g/mol. The van der Waals surface area contributed by atoms with E-state index in [1.807, 2.05) is 6.07 Å². The first-order valence-corrected chi connectivity index (χ1v) is 7.51. The second kappa shape index (κ2) is 6.14. The zero-order valence-corrected chi connectivity index (χ0v) is 12.8. The third-order valence-electron chi connectivity index (χ3n) is 4.16. The summed E-state index contributed by atoms with van der Waals surface area (Å²) in [6, 6.07) is 6.24. The quantitative estimate of drug-likeness (QED) is 0.945. The predicted octanol–water partition coefficient (Wildman–Crippen LogP) is 2.33. The molecule has 3 rings (SSSR count). The molecule has 0 saturated carbocycles. The highest BCUT2D eigenvalue weighted by Gasteiger charge is 2.25. The molecule has 1 N–H and O–H groups in total. The van der Waals surface area contributed by atoms with Crippen LogP contribution in [0.4, 0.5) is 8.78 Å². The second-order valence-corrected chi connectivity index (χ2v) is 5.88. The zero-order chi connectivity index (χ0) is 15.7. The lowest BCUT2D eigenvalue weighted by Gasteiger charge is -2.38. The van der Waals surface area contributed by atoms with E-state index >= 15 is 0 Å². The zero-order valence-electron chi connectivity index (χ0n) is 12.8. The van der Waals surface area contributed by atoms with Crippen LogP contribution < -0.4 is 5.32 Å². The summed E-state index contributed by atoms with van der Waals surface area (Å²) < 4.78 is 28.2. The maximum absolute atomic E-state index is 13.8. The van der Waals surface area contributed by atoms with Gasteiger partial charge in [0.15, 0.2) is 5.82 Å². The van der Waals surface area contributed by atoms with Crippen molar-refractivity contribution in [1.82, 2.24) is 20.0 Å². The lowest BCUT2D eigenvalue weighted by molar-refractivity contribution is 0.107. The molecule has 2 heterocycles. The molecule has 0 radical (unpaired) electrons. The van der Waals surface area contributed by atoms with E-state index in [9.17, 15) is 8.78 Å². The summed E-state index contributed by atoms with van der Waals surface area (Å²) in [4.78, 5) is 2.38. The molecule has 1 aliphatic heterocycles. The SMILES string of the molecule is C[C@@H]1CNC[C@H](C)N1Cc1ccn(-c2ccc(F)cc2F)n1. The Balaban J connectivity index is 1.79. The monoisotopic (exact) mass is 306 g/mol. The number of hydrogen-bond acceptors (Lipinski definition) is 3. The lowest BCUT2D eigenvalue weighted by atomic mass is 10.1. The fraction of sp³-hybridized carbons (Fsp3) is 0.438. The van der Waals surface area contributed by atoms with Gasteiger partial charge >= 0.3 is 0 Å². The standard InChI is InChI=1S/C16H20F2N4/c1-11-8-19-9-12(2)21(11)10-14-5-6-22(20-14)16-4-3-13(17)7-15(16)18/h3-7,11-12,19H,8-10H2,1-2H3/t11-,12+. The molecule has 0 unspecified atom stereocenters. The highest BCUT2D eigenvalue weighted by molar-refractivity contribution is 5.33. The maximum atomic E-state index is 13.8. The maximum Gasteiger partial charge on any atom is 0.151 e. The Morgan fingerprint density at radius 2 is 1.91 bits per heavy atom. The minimum absolute atomic E-state index is 0.258. The van der Waals surface area contributed by atoms with E-state index in [0.717, 1.165) is 31.4 Å². The largest absolute Gasteiger partial charge is 0.314 e. The van der Waals surface area contributed by atoms with E-state index in [1.54, 1.807) is 6.20 Å². The van der Waals surface area contributed by atoms with Crippen LogP contribution in [0.25, 0.3) is 5.69 Å². The van der Waals surface area contributed by atoms with Gasteiger partial charge in [-0.1, -0.05) is 0 Å². The minimum atomic E-state index is -0.612. The van der Waals surface area contributed by atoms with Crippen molar-refractivity contribution >= 4 is 0 Å². The van der Waals surface area contributed by atoms with Crippen molar-refractivity contribution in [3.8, 4) is 5.69 Å². The Hall–Kier alpha value is -1.79. The number of benzene rings is 1. The van der Waals surface area contributed by atoms with Gasteiger partial charge in [-0.25, -0.2) is 13.5 Å². The summed E-state index contributed by atoms with van der Waals surface area (Å²) in [5.74, 6) is -1.20. The van der Waals surface area contributed by atoms with Crippen molar-refractivity contribution in [3.05, 3.63) is 47.8 Å². The Morgan fingerprint density at radius 1 is 1.18 bits per heavy atom. The summed E-state index contributed by atoms with van der Waals surface area (Å²) in [7, 11) is 0. The van der Waals surface area contributed by atoms with Crippen molar-refractivity contribution in [2.45, 2.75) is 32.5 Å². The Bertz CT molecular complexity index is 645. The van der Waals surface area contributed by atoms with Gasteiger partial charge in [-0.3, -0.25) is 4.90 Å². The smallest absolute Gasteiger partial charge is 0.151 e. The number of rotatable bonds is 3. The lowest BCUT2D eigenvalue weighted by Crippen LogP contribution is -2.54. The van der Waals surface area contributed by atoms with E-state index in [4.69, 9.17) is 0 Å². The van der Waals surface area contributed by atoms with Crippen molar-refractivity contribution in [2.24, 2.45) is 0 Å². The topological polar surface area (TPSA) is 33.1 Å². The molecule has 0 aliphatic carbocycles.